The van der Waals surface area contributed by atoms with E-state index < -0.39 is 6.10 Å². The largest absolute Gasteiger partial charge is 0.462 e. The highest BCUT2D eigenvalue weighted by Crippen LogP contribution is 2.15. The van der Waals surface area contributed by atoms with Crippen LogP contribution in [0, 0.1) is 0 Å². The maximum atomic E-state index is 12.8. The Balaban J connectivity index is 4.29. The fourth-order valence-corrected chi connectivity index (χ4v) is 8.02. The minimum Gasteiger partial charge on any atom is -0.462 e. The van der Waals surface area contributed by atoms with Crippen molar-refractivity contribution in [3.05, 3.63) is 48.6 Å². The first-order valence-corrected chi connectivity index (χ1v) is 28.2. The molecule has 0 rings (SSSR count). The van der Waals surface area contributed by atoms with Crippen LogP contribution in [0.1, 0.15) is 290 Å². The first-order chi connectivity index (χ1) is 32.0. The third-order valence-corrected chi connectivity index (χ3v) is 12.3. The number of carbonyl (C=O) groups excluding carboxylic acids is 3. The van der Waals surface area contributed by atoms with Crippen molar-refractivity contribution in [3.63, 3.8) is 0 Å². The molecule has 0 aliphatic rings. The van der Waals surface area contributed by atoms with Crippen LogP contribution in [0.3, 0.4) is 0 Å². The van der Waals surface area contributed by atoms with Crippen molar-refractivity contribution in [3.8, 4) is 0 Å². The van der Waals surface area contributed by atoms with Crippen LogP contribution >= 0.6 is 0 Å². The van der Waals surface area contributed by atoms with Gasteiger partial charge in [-0.15, -0.1) is 0 Å². The molecule has 0 bridgehead atoms. The Labute approximate surface area is 403 Å². The van der Waals surface area contributed by atoms with Crippen molar-refractivity contribution in [2.24, 2.45) is 0 Å². The molecule has 0 aromatic heterocycles. The molecule has 0 aromatic carbocycles. The number of carbonyl (C=O) groups is 3. The Hall–Kier alpha value is -2.63. The van der Waals surface area contributed by atoms with Gasteiger partial charge in [0.1, 0.15) is 13.2 Å². The highest BCUT2D eigenvalue weighted by Gasteiger charge is 2.19. The molecule has 378 valence electrons. The molecule has 1 unspecified atom stereocenters. The minimum absolute atomic E-state index is 0.0839. The van der Waals surface area contributed by atoms with Gasteiger partial charge in [0.2, 0.25) is 0 Å². The molecule has 0 aliphatic carbocycles. The Bertz CT molecular complexity index is 1140. The van der Waals surface area contributed by atoms with Crippen molar-refractivity contribution in [2.75, 3.05) is 13.2 Å². The molecule has 0 radical (unpaired) electrons. The van der Waals surface area contributed by atoms with Gasteiger partial charge in [-0.2, -0.15) is 0 Å². The van der Waals surface area contributed by atoms with Crippen LogP contribution in [0.25, 0.3) is 0 Å². The van der Waals surface area contributed by atoms with Gasteiger partial charge in [-0.1, -0.05) is 230 Å². The fraction of sp³-hybridized carbons (Fsp3) is 0.814. The average molecular weight is 911 g/mol. The van der Waals surface area contributed by atoms with Gasteiger partial charge in [0.25, 0.3) is 0 Å². The average Bonchev–Trinajstić information content (AvgIpc) is 3.30. The van der Waals surface area contributed by atoms with E-state index >= 15 is 0 Å². The molecule has 0 aliphatic heterocycles. The second-order valence-corrected chi connectivity index (χ2v) is 18.9. The van der Waals surface area contributed by atoms with E-state index in [-0.39, 0.29) is 31.1 Å². The monoisotopic (exact) mass is 911 g/mol. The molecular formula is C59H106O6. The molecule has 0 aromatic rings. The van der Waals surface area contributed by atoms with Gasteiger partial charge in [0.05, 0.1) is 0 Å². The zero-order valence-electron chi connectivity index (χ0n) is 43.3. The molecule has 6 nitrogen and oxygen atoms in total. The topological polar surface area (TPSA) is 78.9 Å². The molecule has 0 spiro atoms. The standard InChI is InChI=1S/C59H106O6/c1-4-7-10-13-16-19-21-23-25-27-29-31-33-35-37-40-43-46-49-52-58(61)64-55-56(54-63-57(60)51-48-45-42-39-18-15-12-9-6-3)65-59(62)53-50-47-44-41-38-36-34-32-30-28-26-24-22-20-17-14-11-8-5-2/h16,19,21,23,28,30,39,42,56H,4-15,17-18,20,22,24-27,29,31-38,40-41,43-55H2,1-3H3/b19-16-,23-21-,30-28-,42-39-. The number of hydrogen-bond acceptors (Lipinski definition) is 6. The van der Waals surface area contributed by atoms with E-state index in [9.17, 15) is 14.4 Å². The van der Waals surface area contributed by atoms with Crippen LogP contribution in [0.15, 0.2) is 48.6 Å². The van der Waals surface area contributed by atoms with Crippen LogP contribution in [-0.4, -0.2) is 37.2 Å². The SMILES string of the molecule is CCCCC/C=C\C=C/CCCCCCCCCCCCC(=O)OCC(COC(=O)CCC/C=C\CCCCCC)OC(=O)CCCCCCCCC/C=C\CCCCCCCCCC. The number of esters is 3. The summed E-state index contributed by atoms with van der Waals surface area (Å²) < 4.78 is 16.8. The van der Waals surface area contributed by atoms with Gasteiger partial charge in [-0.25, -0.2) is 0 Å². The van der Waals surface area contributed by atoms with Crippen molar-refractivity contribution in [2.45, 2.75) is 297 Å². The molecule has 0 amide bonds. The maximum absolute atomic E-state index is 12.8. The highest BCUT2D eigenvalue weighted by molar-refractivity contribution is 5.71. The molecule has 6 heteroatoms. The van der Waals surface area contributed by atoms with Gasteiger partial charge in [0, 0.05) is 19.3 Å². The van der Waals surface area contributed by atoms with Crippen LogP contribution in [0.4, 0.5) is 0 Å². The number of rotatable bonds is 51. The zero-order chi connectivity index (χ0) is 47.2. The Morgan fingerprint density at radius 2 is 0.569 bits per heavy atom. The highest BCUT2D eigenvalue weighted by atomic mass is 16.6. The van der Waals surface area contributed by atoms with Gasteiger partial charge >= 0.3 is 17.9 Å². The van der Waals surface area contributed by atoms with Gasteiger partial charge in [-0.05, 0) is 89.9 Å². The first-order valence-electron chi connectivity index (χ1n) is 28.2. The number of hydrogen-bond donors (Lipinski definition) is 0. The molecule has 65 heavy (non-hydrogen) atoms. The van der Waals surface area contributed by atoms with Crippen molar-refractivity contribution >= 4 is 17.9 Å². The molecule has 0 fully saturated rings. The maximum Gasteiger partial charge on any atom is 0.306 e. The van der Waals surface area contributed by atoms with Crippen molar-refractivity contribution in [1.82, 2.24) is 0 Å². The number of ether oxygens (including phenoxy) is 3. The third kappa shape index (κ3) is 52.2. The summed E-state index contributed by atoms with van der Waals surface area (Å²) >= 11 is 0. The second-order valence-electron chi connectivity index (χ2n) is 18.9. The van der Waals surface area contributed by atoms with E-state index in [1.807, 2.05) is 0 Å². The molecular weight excluding hydrogens is 805 g/mol. The first kappa shape index (κ1) is 62.4. The summed E-state index contributed by atoms with van der Waals surface area (Å²) in [6, 6.07) is 0. The molecule has 0 heterocycles. The summed E-state index contributed by atoms with van der Waals surface area (Å²) in [6.07, 6.45) is 65.4. The minimum atomic E-state index is -0.786. The lowest BCUT2D eigenvalue weighted by Crippen LogP contribution is -2.30. The predicted molar refractivity (Wildman–Crippen MR) is 279 cm³/mol. The Morgan fingerprint density at radius 3 is 0.969 bits per heavy atom. The fourth-order valence-electron chi connectivity index (χ4n) is 8.02. The smallest absolute Gasteiger partial charge is 0.306 e. The van der Waals surface area contributed by atoms with E-state index in [1.165, 1.54) is 193 Å². The van der Waals surface area contributed by atoms with Crippen LogP contribution in [0.5, 0.6) is 0 Å². The van der Waals surface area contributed by atoms with E-state index in [0.29, 0.717) is 19.3 Å². The predicted octanol–water partition coefficient (Wildman–Crippen LogP) is 18.7. The van der Waals surface area contributed by atoms with Crippen molar-refractivity contribution in [1.29, 1.82) is 0 Å². The van der Waals surface area contributed by atoms with Crippen LogP contribution < -0.4 is 0 Å². The molecule has 0 saturated carbocycles. The lowest BCUT2D eigenvalue weighted by Gasteiger charge is -2.18. The number of allylic oxidation sites excluding steroid dienone is 8. The Morgan fingerprint density at radius 1 is 0.308 bits per heavy atom. The normalized spacial score (nSPS) is 12.4. The summed E-state index contributed by atoms with van der Waals surface area (Å²) in [5.74, 6) is -0.919. The molecule has 1 atom stereocenters. The zero-order valence-corrected chi connectivity index (χ0v) is 43.3. The van der Waals surface area contributed by atoms with E-state index in [4.69, 9.17) is 14.2 Å². The van der Waals surface area contributed by atoms with E-state index in [1.54, 1.807) is 0 Å². The summed E-state index contributed by atoms with van der Waals surface area (Å²) in [6.45, 7) is 6.57. The number of unbranched alkanes of at least 4 members (excludes halogenated alkanes) is 33. The van der Waals surface area contributed by atoms with Gasteiger partial charge in [-0.3, -0.25) is 14.4 Å². The van der Waals surface area contributed by atoms with E-state index in [2.05, 4.69) is 69.4 Å². The van der Waals surface area contributed by atoms with Gasteiger partial charge in [0.15, 0.2) is 6.10 Å². The molecule has 0 N–H and O–H groups in total. The van der Waals surface area contributed by atoms with Crippen molar-refractivity contribution < 1.29 is 28.6 Å². The molecule has 0 saturated heterocycles. The van der Waals surface area contributed by atoms with Crippen LogP contribution in [-0.2, 0) is 28.6 Å². The van der Waals surface area contributed by atoms with Crippen LogP contribution in [0.2, 0.25) is 0 Å². The second kappa shape index (κ2) is 54.0. The third-order valence-electron chi connectivity index (χ3n) is 12.3. The summed E-state index contributed by atoms with van der Waals surface area (Å²) in [4.78, 5) is 38.0. The lowest BCUT2D eigenvalue weighted by atomic mass is 10.1. The van der Waals surface area contributed by atoms with E-state index in [0.717, 1.165) is 57.8 Å². The lowest BCUT2D eigenvalue weighted by molar-refractivity contribution is -0.167. The quantitative estimate of drug-likeness (QED) is 0.0199. The van der Waals surface area contributed by atoms with Gasteiger partial charge < -0.3 is 14.2 Å². The summed E-state index contributed by atoms with van der Waals surface area (Å²) in [5.41, 5.74) is 0. The Kier molecular flexibility index (Phi) is 51.8. The summed E-state index contributed by atoms with van der Waals surface area (Å²) in [5, 5.41) is 0. The summed E-state index contributed by atoms with van der Waals surface area (Å²) in [7, 11) is 0.